The summed E-state index contributed by atoms with van der Waals surface area (Å²) in [4.78, 5) is 24.0. The van der Waals surface area contributed by atoms with Gasteiger partial charge in [-0.25, -0.2) is 0 Å². The monoisotopic (exact) mass is 268 g/mol. The summed E-state index contributed by atoms with van der Waals surface area (Å²) in [5.41, 5.74) is 0.485. The molecule has 0 aliphatic carbocycles. The first-order chi connectivity index (χ1) is 8.52. The molecule has 1 aromatic carbocycles. The molecule has 5 nitrogen and oxygen atoms in total. The molecule has 0 unspecified atom stereocenters. The second kappa shape index (κ2) is 4.86. The third-order valence-corrected chi connectivity index (χ3v) is 3.13. The molecule has 1 aliphatic rings. The average Bonchev–Trinajstić information content (AvgIpc) is 2.71. The highest BCUT2D eigenvalue weighted by molar-refractivity contribution is 6.31. The number of nitrogens with zero attached hydrogens (tertiary/aromatic N) is 1. The summed E-state index contributed by atoms with van der Waals surface area (Å²) in [5, 5.41) is 11.3. The Kier molecular flexibility index (Phi) is 3.43. The molecule has 18 heavy (non-hydrogen) atoms. The van der Waals surface area contributed by atoms with Crippen LogP contribution in [0.15, 0.2) is 18.2 Å². The van der Waals surface area contributed by atoms with Gasteiger partial charge in [-0.1, -0.05) is 11.6 Å². The molecule has 6 heteroatoms. The first-order valence-electron chi connectivity index (χ1n) is 5.37. The van der Waals surface area contributed by atoms with E-state index in [1.165, 1.54) is 12.0 Å². The molecule has 1 atom stereocenters. The number of methoxy groups -OCH3 is 1. The van der Waals surface area contributed by atoms with Crippen molar-refractivity contribution >= 4 is 29.2 Å². The van der Waals surface area contributed by atoms with E-state index in [9.17, 15) is 14.7 Å². The normalized spacial score (nSPS) is 19.1. The van der Waals surface area contributed by atoms with E-state index in [1.807, 2.05) is 0 Å². The van der Waals surface area contributed by atoms with Gasteiger partial charge in [0.05, 0.1) is 12.8 Å². The van der Waals surface area contributed by atoms with Gasteiger partial charge in [0.15, 0.2) is 0 Å². The van der Waals surface area contributed by atoms with Crippen LogP contribution in [-0.2, 0) is 9.59 Å². The highest BCUT2D eigenvalue weighted by Crippen LogP contribution is 2.34. The van der Waals surface area contributed by atoms with Gasteiger partial charge in [0, 0.05) is 29.9 Å². The molecule has 1 amide bonds. The lowest BCUT2D eigenvalue weighted by molar-refractivity contribution is -0.310. The maximum absolute atomic E-state index is 11.8. The van der Waals surface area contributed by atoms with E-state index in [0.29, 0.717) is 16.5 Å². The topological polar surface area (TPSA) is 69.7 Å². The Hall–Kier alpha value is -1.75. The Balaban J connectivity index is 2.34. The van der Waals surface area contributed by atoms with Gasteiger partial charge in [0.1, 0.15) is 5.75 Å². The minimum Gasteiger partial charge on any atom is -0.550 e. The Morgan fingerprint density at radius 2 is 2.28 bits per heavy atom. The molecule has 1 saturated heterocycles. The highest BCUT2D eigenvalue weighted by Gasteiger charge is 2.32. The Morgan fingerprint density at radius 1 is 1.56 bits per heavy atom. The second-order valence-corrected chi connectivity index (χ2v) is 4.48. The minimum atomic E-state index is -1.22. The molecule has 1 fully saturated rings. The number of carboxylic acids is 1. The number of aliphatic carboxylic acids is 1. The van der Waals surface area contributed by atoms with Crippen LogP contribution in [0.2, 0.25) is 5.02 Å². The summed E-state index contributed by atoms with van der Waals surface area (Å²) >= 11 is 5.88. The molecule has 0 aromatic heterocycles. The summed E-state index contributed by atoms with van der Waals surface area (Å²) in [6.07, 6.45) is -0.0575. The number of rotatable bonds is 3. The van der Waals surface area contributed by atoms with E-state index < -0.39 is 11.9 Å². The van der Waals surface area contributed by atoms with Gasteiger partial charge < -0.3 is 19.5 Å². The zero-order valence-corrected chi connectivity index (χ0v) is 10.4. The number of benzene rings is 1. The van der Waals surface area contributed by atoms with Gasteiger partial charge >= 0.3 is 0 Å². The van der Waals surface area contributed by atoms with Gasteiger partial charge in [-0.2, -0.15) is 0 Å². The Bertz CT molecular complexity index is 503. The summed E-state index contributed by atoms with van der Waals surface area (Å²) in [7, 11) is 1.48. The quantitative estimate of drug-likeness (QED) is 0.798. The fraction of sp³-hybridized carbons (Fsp3) is 0.333. The molecule has 0 saturated carbocycles. The zero-order chi connectivity index (χ0) is 13.3. The van der Waals surface area contributed by atoms with Crippen LogP contribution in [0, 0.1) is 5.92 Å². The lowest BCUT2D eigenvalue weighted by atomic mass is 10.1. The van der Waals surface area contributed by atoms with Crippen molar-refractivity contribution in [3.63, 3.8) is 0 Å². The van der Waals surface area contributed by atoms with Crippen molar-refractivity contribution in [3.8, 4) is 5.75 Å². The van der Waals surface area contributed by atoms with Crippen molar-refractivity contribution in [1.29, 1.82) is 0 Å². The van der Waals surface area contributed by atoms with Crippen LogP contribution in [0.1, 0.15) is 6.42 Å². The first-order valence-corrected chi connectivity index (χ1v) is 5.75. The van der Waals surface area contributed by atoms with Crippen LogP contribution in [0.25, 0.3) is 0 Å². The molecule has 2 rings (SSSR count). The maximum Gasteiger partial charge on any atom is 0.227 e. The van der Waals surface area contributed by atoms with Gasteiger partial charge in [-0.15, -0.1) is 0 Å². The number of carbonyl (C=O) groups is 2. The lowest BCUT2D eigenvalue weighted by Crippen LogP contribution is -2.33. The summed E-state index contributed by atoms with van der Waals surface area (Å²) in [6, 6.07) is 4.86. The molecule has 0 radical (unpaired) electrons. The molecule has 0 spiro atoms. The Labute approximate surface area is 109 Å². The van der Waals surface area contributed by atoms with Gasteiger partial charge in [-0.05, 0) is 18.2 Å². The van der Waals surface area contributed by atoms with Crippen molar-refractivity contribution in [2.45, 2.75) is 6.42 Å². The van der Waals surface area contributed by atoms with Crippen LogP contribution < -0.4 is 14.7 Å². The molecular weight excluding hydrogens is 258 g/mol. The summed E-state index contributed by atoms with van der Waals surface area (Å²) in [5.74, 6) is -1.80. The lowest BCUT2D eigenvalue weighted by Gasteiger charge is -2.20. The van der Waals surface area contributed by atoms with Gasteiger partial charge in [0.2, 0.25) is 5.91 Å². The van der Waals surface area contributed by atoms with Crippen molar-refractivity contribution in [3.05, 3.63) is 23.2 Å². The number of halogens is 1. The van der Waals surface area contributed by atoms with Crippen molar-refractivity contribution in [1.82, 2.24) is 0 Å². The number of amides is 1. The van der Waals surface area contributed by atoms with E-state index in [4.69, 9.17) is 16.3 Å². The van der Waals surface area contributed by atoms with E-state index in [2.05, 4.69) is 0 Å². The number of carboxylic acid groups (broad SMARTS) is 1. The van der Waals surface area contributed by atoms with Crippen LogP contribution in [-0.4, -0.2) is 25.5 Å². The van der Waals surface area contributed by atoms with Crippen LogP contribution in [0.4, 0.5) is 5.69 Å². The minimum absolute atomic E-state index is 0.0575. The fourth-order valence-corrected chi connectivity index (χ4v) is 2.14. The zero-order valence-electron chi connectivity index (χ0n) is 9.68. The number of ether oxygens (including phenoxy) is 1. The second-order valence-electron chi connectivity index (χ2n) is 4.04. The van der Waals surface area contributed by atoms with Crippen molar-refractivity contribution < 1.29 is 19.4 Å². The number of hydrogen-bond donors (Lipinski definition) is 0. The van der Waals surface area contributed by atoms with E-state index in [0.717, 1.165) is 0 Å². The Morgan fingerprint density at radius 3 is 2.83 bits per heavy atom. The molecular formula is C12H11ClNO4-. The van der Waals surface area contributed by atoms with Crippen molar-refractivity contribution in [2.24, 2.45) is 5.92 Å². The number of hydrogen-bond acceptors (Lipinski definition) is 4. The average molecular weight is 269 g/mol. The van der Waals surface area contributed by atoms with Crippen molar-refractivity contribution in [2.75, 3.05) is 18.6 Å². The van der Waals surface area contributed by atoms with E-state index in [-0.39, 0.29) is 18.9 Å². The third-order valence-electron chi connectivity index (χ3n) is 2.89. The van der Waals surface area contributed by atoms with E-state index >= 15 is 0 Å². The molecule has 1 aliphatic heterocycles. The predicted octanol–water partition coefficient (Wildman–Crippen LogP) is 0.451. The fourth-order valence-electron chi connectivity index (χ4n) is 1.97. The summed E-state index contributed by atoms with van der Waals surface area (Å²) < 4.78 is 5.14. The first kappa shape index (κ1) is 12.7. The smallest absolute Gasteiger partial charge is 0.227 e. The van der Waals surface area contributed by atoms with Crippen LogP contribution in [0.5, 0.6) is 5.75 Å². The summed E-state index contributed by atoms with van der Waals surface area (Å²) in [6.45, 7) is 0.0812. The molecule has 0 bridgehead atoms. The van der Waals surface area contributed by atoms with Crippen LogP contribution >= 0.6 is 11.6 Å². The third kappa shape index (κ3) is 2.26. The van der Waals surface area contributed by atoms with Crippen LogP contribution in [0.3, 0.4) is 0 Å². The molecule has 1 heterocycles. The largest absolute Gasteiger partial charge is 0.550 e. The molecule has 96 valence electrons. The highest BCUT2D eigenvalue weighted by atomic mass is 35.5. The molecule has 0 N–H and O–H groups in total. The SMILES string of the molecule is COc1ccc(Cl)cc1N1C[C@H](C(=O)[O-])CC1=O. The van der Waals surface area contributed by atoms with Gasteiger partial charge in [-0.3, -0.25) is 4.79 Å². The standard InChI is InChI=1S/C12H12ClNO4/c1-18-10-3-2-8(13)5-9(10)14-6-7(12(16)17)4-11(14)15/h2-3,5,7H,4,6H2,1H3,(H,16,17)/p-1/t7-/m1/s1. The predicted molar refractivity (Wildman–Crippen MR) is 63.5 cm³/mol. The molecule has 1 aromatic rings. The maximum atomic E-state index is 11.8. The van der Waals surface area contributed by atoms with Gasteiger partial charge in [0.25, 0.3) is 0 Å². The van der Waals surface area contributed by atoms with E-state index in [1.54, 1.807) is 18.2 Å². The number of carbonyl (C=O) groups excluding carboxylic acids is 2. The number of anilines is 1.